The molecule has 0 unspecified atom stereocenters. The first-order valence-electron chi connectivity index (χ1n) is 10.6. The van der Waals surface area contributed by atoms with Crippen molar-refractivity contribution in [2.45, 2.75) is 32.0 Å². The Balaban J connectivity index is 1.94. The van der Waals surface area contributed by atoms with Gasteiger partial charge in [0, 0.05) is 29.6 Å². The quantitative estimate of drug-likeness (QED) is 0.439. The lowest BCUT2D eigenvalue weighted by atomic mass is 10.1. The average molecular weight is 521 g/mol. The molecule has 0 aliphatic rings. The van der Waals surface area contributed by atoms with E-state index in [0.717, 1.165) is 29.2 Å². The van der Waals surface area contributed by atoms with Gasteiger partial charge in [0.1, 0.15) is 6.04 Å². The lowest BCUT2D eigenvalue weighted by Gasteiger charge is -2.22. The molecule has 188 valence electrons. The van der Waals surface area contributed by atoms with Gasteiger partial charge in [-0.1, -0.05) is 23.7 Å². The fourth-order valence-corrected chi connectivity index (χ4v) is 3.33. The molecule has 2 amide bonds. The topological polar surface area (TPSA) is 112 Å². The van der Waals surface area contributed by atoms with Crippen molar-refractivity contribution in [2.24, 2.45) is 0 Å². The molecule has 0 radical (unpaired) electrons. The van der Waals surface area contributed by atoms with E-state index in [2.05, 4.69) is 15.3 Å². The van der Waals surface area contributed by atoms with E-state index in [1.165, 1.54) is 13.1 Å². The second-order valence-corrected chi connectivity index (χ2v) is 8.09. The Kier molecular flexibility index (Phi) is 8.25. The molecule has 12 heteroatoms. The van der Waals surface area contributed by atoms with Crippen molar-refractivity contribution < 1.29 is 32.7 Å². The molecule has 1 atom stereocenters. The number of nitrogens with zero attached hydrogens (tertiary/aromatic N) is 3. The number of carboxylic acids is 1. The molecule has 2 N–H and O–H groups in total. The summed E-state index contributed by atoms with van der Waals surface area (Å²) in [6.07, 6.45) is -3.94. The van der Waals surface area contributed by atoms with Crippen molar-refractivity contribution in [1.82, 2.24) is 15.3 Å². The van der Waals surface area contributed by atoms with Crippen molar-refractivity contribution in [3.05, 3.63) is 71.4 Å². The van der Waals surface area contributed by atoms with E-state index >= 15 is 0 Å². The van der Waals surface area contributed by atoms with Gasteiger partial charge in [-0.25, -0.2) is 14.9 Å². The Morgan fingerprint density at radius 3 is 2.39 bits per heavy atom. The van der Waals surface area contributed by atoms with Gasteiger partial charge in [-0.3, -0.25) is 14.4 Å². The molecule has 3 aromatic rings. The molecule has 2 aromatic carbocycles. The highest BCUT2D eigenvalue weighted by molar-refractivity contribution is 6.30. The zero-order valence-electron chi connectivity index (χ0n) is 18.8. The summed E-state index contributed by atoms with van der Waals surface area (Å²) in [7, 11) is 0. The number of carbonyl (C=O) groups is 3. The third-order valence-electron chi connectivity index (χ3n) is 4.98. The smallest absolute Gasteiger partial charge is 0.416 e. The predicted molar refractivity (Wildman–Crippen MR) is 126 cm³/mol. The maximum absolute atomic E-state index is 13.2. The number of benzene rings is 2. The van der Waals surface area contributed by atoms with Crippen LogP contribution in [0.4, 0.5) is 24.8 Å². The molecule has 0 saturated carbocycles. The molecule has 1 heterocycles. The van der Waals surface area contributed by atoms with Crippen LogP contribution in [0.5, 0.6) is 0 Å². The Morgan fingerprint density at radius 2 is 1.78 bits per heavy atom. The van der Waals surface area contributed by atoms with E-state index in [-0.39, 0.29) is 24.5 Å². The van der Waals surface area contributed by atoms with Crippen LogP contribution in [0.3, 0.4) is 0 Å². The predicted octanol–water partition coefficient (Wildman–Crippen LogP) is 4.85. The van der Waals surface area contributed by atoms with Gasteiger partial charge in [-0.05, 0) is 49.4 Å². The fourth-order valence-electron chi connectivity index (χ4n) is 3.14. The van der Waals surface area contributed by atoms with Gasteiger partial charge >= 0.3 is 12.1 Å². The molecule has 3 rings (SSSR count). The van der Waals surface area contributed by atoms with Crippen LogP contribution in [-0.2, 0) is 20.6 Å². The summed E-state index contributed by atoms with van der Waals surface area (Å²) in [5.41, 5.74) is 0.165. The minimum Gasteiger partial charge on any atom is -0.480 e. The van der Waals surface area contributed by atoms with Gasteiger partial charge in [0.25, 0.3) is 0 Å². The van der Waals surface area contributed by atoms with Gasteiger partial charge in [0.15, 0.2) is 0 Å². The highest BCUT2D eigenvalue weighted by Gasteiger charge is 2.31. The van der Waals surface area contributed by atoms with Crippen LogP contribution < -0.4 is 10.2 Å². The first kappa shape index (κ1) is 26.6. The third kappa shape index (κ3) is 6.79. The van der Waals surface area contributed by atoms with E-state index in [1.807, 2.05) is 0 Å². The molecule has 36 heavy (non-hydrogen) atoms. The van der Waals surface area contributed by atoms with Crippen molar-refractivity contribution in [1.29, 1.82) is 0 Å². The number of amides is 2. The Bertz CT molecular complexity index is 1270. The SMILES string of the molecule is C[C@H](NC(=O)CCC(=O)N(c1ccc(C(F)(F)F)cc1)c1nccc(-c2cccc(Cl)c2)n1)C(=O)O. The Hall–Kier alpha value is -3.99. The van der Waals surface area contributed by atoms with Crippen molar-refractivity contribution >= 4 is 41.0 Å². The van der Waals surface area contributed by atoms with E-state index in [0.29, 0.717) is 16.3 Å². The summed E-state index contributed by atoms with van der Waals surface area (Å²) >= 11 is 6.05. The van der Waals surface area contributed by atoms with Gasteiger partial charge in [-0.2, -0.15) is 13.2 Å². The Morgan fingerprint density at radius 1 is 1.08 bits per heavy atom. The van der Waals surface area contributed by atoms with Crippen LogP contribution in [0.2, 0.25) is 5.02 Å². The number of hydrogen-bond acceptors (Lipinski definition) is 5. The number of nitrogens with one attached hydrogen (secondary N) is 1. The van der Waals surface area contributed by atoms with Crippen LogP contribution in [0.1, 0.15) is 25.3 Å². The third-order valence-corrected chi connectivity index (χ3v) is 5.21. The zero-order chi connectivity index (χ0) is 26.5. The molecular formula is C24H20ClF3N4O4. The number of anilines is 2. The molecule has 0 aliphatic carbocycles. The highest BCUT2D eigenvalue weighted by atomic mass is 35.5. The van der Waals surface area contributed by atoms with Crippen LogP contribution in [0.25, 0.3) is 11.3 Å². The molecule has 0 aliphatic heterocycles. The number of rotatable bonds is 8. The first-order valence-corrected chi connectivity index (χ1v) is 10.9. The molecule has 8 nitrogen and oxygen atoms in total. The number of aliphatic carboxylic acids is 1. The number of carbonyl (C=O) groups excluding carboxylic acids is 2. The van der Waals surface area contributed by atoms with E-state index in [4.69, 9.17) is 16.7 Å². The molecule has 0 saturated heterocycles. The number of hydrogen-bond donors (Lipinski definition) is 2. The fraction of sp³-hybridized carbons (Fsp3) is 0.208. The molecule has 0 fully saturated rings. The van der Waals surface area contributed by atoms with Crippen molar-refractivity contribution in [3.63, 3.8) is 0 Å². The number of carboxylic acid groups (broad SMARTS) is 1. The van der Waals surface area contributed by atoms with Gasteiger partial charge in [0.2, 0.25) is 17.8 Å². The second-order valence-electron chi connectivity index (χ2n) is 7.65. The van der Waals surface area contributed by atoms with Crippen LogP contribution in [0.15, 0.2) is 60.8 Å². The summed E-state index contributed by atoms with van der Waals surface area (Å²) in [5.74, 6) is -2.74. The highest BCUT2D eigenvalue weighted by Crippen LogP contribution is 2.32. The maximum Gasteiger partial charge on any atom is 0.416 e. The lowest BCUT2D eigenvalue weighted by Crippen LogP contribution is -2.39. The number of halogens is 4. The van der Waals surface area contributed by atoms with Crippen LogP contribution in [-0.4, -0.2) is 38.9 Å². The standard InChI is InChI=1S/C24H20ClF3N4O4/c1-14(22(35)36)30-20(33)9-10-21(34)32(18-7-5-16(6-8-18)24(26,27)28)23-29-12-11-19(31-23)15-3-2-4-17(25)13-15/h2-8,11-14H,9-10H2,1H3,(H,30,33)(H,35,36)/t14-/m0/s1. The Labute approximate surface area is 208 Å². The number of alkyl halides is 3. The summed E-state index contributed by atoms with van der Waals surface area (Å²) in [4.78, 5) is 45.7. The normalized spacial score (nSPS) is 12.0. The van der Waals surface area contributed by atoms with E-state index < -0.39 is 35.6 Å². The molecular weight excluding hydrogens is 501 g/mol. The van der Waals surface area contributed by atoms with Crippen LogP contribution >= 0.6 is 11.6 Å². The first-order chi connectivity index (χ1) is 17.0. The van der Waals surface area contributed by atoms with Gasteiger partial charge < -0.3 is 10.4 Å². The molecule has 1 aromatic heterocycles. The monoisotopic (exact) mass is 520 g/mol. The average Bonchev–Trinajstić information content (AvgIpc) is 2.83. The molecule has 0 bridgehead atoms. The van der Waals surface area contributed by atoms with Gasteiger partial charge in [-0.15, -0.1) is 0 Å². The number of aromatic nitrogens is 2. The summed E-state index contributed by atoms with van der Waals surface area (Å²) < 4.78 is 39.1. The summed E-state index contributed by atoms with van der Waals surface area (Å²) in [6, 6.07) is 11.0. The van der Waals surface area contributed by atoms with Gasteiger partial charge in [0.05, 0.1) is 16.9 Å². The van der Waals surface area contributed by atoms with Crippen molar-refractivity contribution in [3.8, 4) is 11.3 Å². The minimum absolute atomic E-state index is 0.0514. The lowest BCUT2D eigenvalue weighted by molar-refractivity contribution is -0.141. The second kappa shape index (κ2) is 11.2. The molecule has 0 spiro atoms. The largest absolute Gasteiger partial charge is 0.480 e. The van der Waals surface area contributed by atoms with E-state index in [9.17, 15) is 27.6 Å². The zero-order valence-corrected chi connectivity index (χ0v) is 19.5. The summed E-state index contributed by atoms with van der Waals surface area (Å²) in [6.45, 7) is 1.27. The minimum atomic E-state index is -4.57. The summed E-state index contributed by atoms with van der Waals surface area (Å²) in [5, 5.41) is 11.6. The van der Waals surface area contributed by atoms with Crippen molar-refractivity contribution in [2.75, 3.05) is 4.90 Å². The maximum atomic E-state index is 13.2. The van der Waals surface area contributed by atoms with E-state index in [1.54, 1.807) is 30.3 Å². The van der Waals surface area contributed by atoms with Crippen LogP contribution in [0, 0.1) is 0 Å².